The van der Waals surface area contributed by atoms with Crippen LogP contribution in [0.15, 0.2) is 18.2 Å². The zero-order valence-electron chi connectivity index (χ0n) is 11.3. The van der Waals surface area contributed by atoms with Gasteiger partial charge >= 0.3 is 0 Å². The molecular weight excluding hydrogens is 302 g/mol. The average Bonchev–Trinajstić information content (AvgIpc) is 3.16. The largest absolute Gasteiger partial charge is 0.348 e. The first-order valence-corrected chi connectivity index (χ1v) is 6.89. The van der Waals surface area contributed by atoms with Crippen LogP contribution in [0.4, 0.5) is 4.39 Å². The van der Waals surface area contributed by atoms with E-state index in [4.69, 9.17) is 11.6 Å². The van der Waals surface area contributed by atoms with E-state index in [2.05, 4.69) is 10.6 Å². The monoisotopic (exact) mass is 320 g/mol. The van der Waals surface area contributed by atoms with Crippen LogP contribution in [0.2, 0.25) is 5.02 Å². The van der Waals surface area contributed by atoms with Crippen LogP contribution in [0.5, 0.6) is 0 Å². The maximum absolute atomic E-state index is 13.0. The summed E-state index contributed by atoms with van der Waals surface area (Å²) < 4.78 is 13.0. The smallest absolute Gasteiger partial charge is 0.234 e. The number of carbonyl (C=O) groups excluding carboxylic acids is 1. The molecule has 3 nitrogen and oxygen atoms in total. The second-order valence-corrected chi connectivity index (χ2v) is 5.44. The molecule has 0 heterocycles. The predicted octanol–water partition coefficient (Wildman–Crippen LogP) is 3.08. The first-order valence-electron chi connectivity index (χ1n) is 6.51. The Bertz CT molecular complexity index is 466. The Morgan fingerprint density at radius 1 is 1.50 bits per heavy atom. The van der Waals surface area contributed by atoms with Gasteiger partial charge in [-0.3, -0.25) is 4.79 Å². The molecule has 6 heteroatoms. The van der Waals surface area contributed by atoms with Crippen molar-refractivity contribution in [3.8, 4) is 0 Å². The molecular formula is C14H19Cl2FN2O. The Kier molecular flexibility index (Phi) is 6.72. The van der Waals surface area contributed by atoms with E-state index < -0.39 is 5.82 Å². The second kappa shape index (κ2) is 7.81. The van der Waals surface area contributed by atoms with Gasteiger partial charge < -0.3 is 10.6 Å². The lowest BCUT2D eigenvalue weighted by Gasteiger charge is -2.15. The molecule has 0 saturated heterocycles. The fourth-order valence-corrected chi connectivity index (χ4v) is 2.06. The van der Waals surface area contributed by atoms with Crippen LogP contribution in [0, 0.1) is 11.7 Å². The normalized spacial score (nSPS) is 15.3. The number of hydrogen-bond donors (Lipinski definition) is 2. The highest BCUT2D eigenvalue weighted by molar-refractivity contribution is 6.30. The minimum atomic E-state index is -0.449. The number of nitrogens with one attached hydrogen (secondary N) is 2. The van der Waals surface area contributed by atoms with Gasteiger partial charge in [-0.1, -0.05) is 17.7 Å². The molecule has 0 aromatic heterocycles. The Morgan fingerprint density at radius 3 is 2.80 bits per heavy atom. The molecule has 1 atom stereocenters. The Hall–Kier alpha value is -0.840. The van der Waals surface area contributed by atoms with Gasteiger partial charge in [-0.05, 0) is 49.9 Å². The minimum Gasteiger partial charge on any atom is -0.348 e. The lowest BCUT2D eigenvalue weighted by Crippen LogP contribution is -2.36. The van der Waals surface area contributed by atoms with Crippen molar-refractivity contribution in [1.29, 1.82) is 0 Å². The number of rotatable bonds is 6. The molecule has 1 unspecified atom stereocenters. The summed E-state index contributed by atoms with van der Waals surface area (Å²) in [4.78, 5) is 11.7. The zero-order valence-corrected chi connectivity index (χ0v) is 12.9. The predicted molar refractivity (Wildman–Crippen MR) is 80.8 cm³/mol. The van der Waals surface area contributed by atoms with E-state index in [0.717, 1.165) is 18.0 Å². The first kappa shape index (κ1) is 17.2. The van der Waals surface area contributed by atoms with Crippen molar-refractivity contribution in [3.05, 3.63) is 34.6 Å². The van der Waals surface area contributed by atoms with Crippen molar-refractivity contribution in [3.63, 3.8) is 0 Å². The van der Waals surface area contributed by atoms with E-state index in [1.165, 1.54) is 18.9 Å². The third kappa shape index (κ3) is 5.27. The fraction of sp³-hybridized carbons (Fsp3) is 0.500. The summed E-state index contributed by atoms with van der Waals surface area (Å²) in [6.45, 7) is 3.07. The van der Waals surface area contributed by atoms with E-state index >= 15 is 0 Å². The topological polar surface area (TPSA) is 41.1 Å². The second-order valence-electron chi connectivity index (χ2n) is 5.04. The Labute approximate surface area is 129 Å². The van der Waals surface area contributed by atoms with Gasteiger partial charge in [-0.2, -0.15) is 0 Å². The maximum atomic E-state index is 13.0. The van der Waals surface area contributed by atoms with Gasteiger partial charge in [0, 0.05) is 0 Å². The third-order valence-electron chi connectivity index (χ3n) is 3.24. The summed E-state index contributed by atoms with van der Waals surface area (Å²) >= 11 is 5.72. The molecule has 0 aliphatic heterocycles. The number of hydrogen-bond acceptors (Lipinski definition) is 2. The van der Waals surface area contributed by atoms with Crippen LogP contribution in [0.25, 0.3) is 0 Å². The van der Waals surface area contributed by atoms with Crippen LogP contribution >= 0.6 is 24.0 Å². The molecule has 1 aromatic carbocycles. The average molecular weight is 321 g/mol. The van der Waals surface area contributed by atoms with Gasteiger partial charge in [-0.15, -0.1) is 12.4 Å². The lowest BCUT2D eigenvalue weighted by atomic mass is 10.1. The van der Waals surface area contributed by atoms with Crippen LogP contribution in [0.3, 0.4) is 0 Å². The van der Waals surface area contributed by atoms with Crippen molar-refractivity contribution in [2.24, 2.45) is 5.92 Å². The van der Waals surface area contributed by atoms with E-state index in [1.54, 1.807) is 12.1 Å². The van der Waals surface area contributed by atoms with Gasteiger partial charge in [0.05, 0.1) is 17.6 Å². The van der Waals surface area contributed by atoms with Crippen LogP contribution in [-0.2, 0) is 4.79 Å². The van der Waals surface area contributed by atoms with Gasteiger partial charge in [0.15, 0.2) is 0 Å². The summed E-state index contributed by atoms with van der Waals surface area (Å²) in [5, 5.41) is 6.06. The van der Waals surface area contributed by atoms with Crippen molar-refractivity contribution in [2.75, 3.05) is 13.1 Å². The molecule has 20 heavy (non-hydrogen) atoms. The molecule has 1 fully saturated rings. The minimum absolute atomic E-state index is 0. The highest BCUT2D eigenvalue weighted by atomic mass is 35.5. The molecule has 0 spiro atoms. The lowest BCUT2D eigenvalue weighted by molar-refractivity contribution is -0.120. The Morgan fingerprint density at radius 2 is 2.20 bits per heavy atom. The molecule has 1 amide bonds. The molecule has 2 rings (SSSR count). The molecule has 2 N–H and O–H groups in total. The molecule has 112 valence electrons. The van der Waals surface area contributed by atoms with Gasteiger partial charge in [0.1, 0.15) is 5.82 Å². The zero-order chi connectivity index (χ0) is 13.8. The maximum Gasteiger partial charge on any atom is 0.234 e. The van der Waals surface area contributed by atoms with Crippen LogP contribution in [0.1, 0.15) is 31.4 Å². The Balaban J connectivity index is 0.00000200. The van der Waals surface area contributed by atoms with Crippen LogP contribution in [-0.4, -0.2) is 19.0 Å². The summed E-state index contributed by atoms with van der Waals surface area (Å²) in [5.41, 5.74) is 0.793. The number of halogens is 3. The molecule has 0 bridgehead atoms. The van der Waals surface area contributed by atoms with E-state index in [0.29, 0.717) is 6.54 Å². The van der Waals surface area contributed by atoms with Gasteiger partial charge in [0.25, 0.3) is 0 Å². The highest BCUT2D eigenvalue weighted by Crippen LogP contribution is 2.27. The quantitative estimate of drug-likeness (QED) is 0.845. The molecule has 1 aliphatic rings. The van der Waals surface area contributed by atoms with Gasteiger partial charge in [0.2, 0.25) is 5.91 Å². The highest BCUT2D eigenvalue weighted by Gasteiger charge is 2.20. The van der Waals surface area contributed by atoms with Crippen molar-refractivity contribution >= 4 is 29.9 Å². The van der Waals surface area contributed by atoms with Crippen LogP contribution < -0.4 is 10.6 Å². The molecule has 1 aliphatic carbocycles. The number of amides is 1. The van der Waals surface area contributed by atoms with E-state index in [-0.39, 0.29) is 29.4 Å². The molecule has 1 aromatic rings. The first-order chi connectivity index (χ1) is 9.06. The number of benzene rings is 1. The van der Waals surface area contributed by atoms with Crippen molar-refractivity contribution < 1.29 is 9.18 Å². The standard InChI is InChI=1S/C14H18ClFN2O.ClH/c1-9(11-4-5-13(16)12(15)6-11)18-14(19)8-17-7-10-2-3-10;/h4-6,9-10,17H,2-3,7-8H2,1H3,(H,18,19);1H. The SMILES string of the molecule is CC(NC(=O)CNCC1CC1)c1ccc(F)c(Cl)c1.Cl. The van der Waals surface area contributed by atoms with E-state index in [1.807, 2.05) is 6.92 Å². The number of carbonyl (C=O) groups is 1. The van der Waals surface area contributed by atoms with Gasteiger partial charge in [-0.25, -0.2) is 4.39 Å². The summed E-state index contributed by atoms with van der Waals surface area (Å²) in [6, 6.07) is 4.29. The van der Waals surface area contributed by atoms with Crippen molar-refractivity contribution in [2.45, 2.75) is 25.8 Å². The summed E-state index contributed by atoms with van der Waals surface area (Å²) in [5.74, 6) is 0.241. The third-order valence-corrected chi connectivity index (χ3v) is 3.53. The molecule has 0 radical (unpaired) electrons. The van der Waals surface area contributed by atoms with E-state index in [9.17, 15) is 9.18 Å². The van der Waals surface area contributed by atoms with Crippen molar-refractivity contribution in [1.82, 2.24) is 10.6 Å². The summed E-state index contributed by atoms with van der Waals surface area (Å²) in [7, 11) is 0. The molecule has 1 saturated carbocycles. The fourth-order valence-electron chi connectivity index (χ4n) is 1.87. The summed E-state index contributed by atoms with van der Waals surface area (Å²) in [6.07, 6.45) is 2.53.